The Labute approximate surface area is 431 Å². The van der Waals surface area contributed by atoms with E-state index in [4.69, 9.17) is 28.4 Å². The highest BCUT2D eigenvalue weighted by molar-refractivity contribution is 5.69. The van der Waals surface area contributed by atoms with Crippen LogP contribution in [0.5, 0.6) is 0 Å². The zero-order chi connectivity index (χ0) is 51.6. The van der Waals surface area contributed by atoms with E-state index >= 15 is 0 Å². The minimum Gasteiger partial charge on any atom is -0.457 e. The Balaban J connectivity index is 1.70. The predicted molar refractivity (Wildman–Crippen MR) is 280 cm³/mol. The van der Waals surface area contributed by atoms with Crippen molar-refractivity contribution < 1.29 is 69.0 Å². The molecule has 11 atom stereocenters. The summed E-state index contributed by atoms with van der Waals surface area (Å²) in [6.07, 6.45) is 32.7. The number of esters is 1. The summed E-state index contributed by atoms with van der Waals surface area (Å²) in [5, 5.41) is 72.3. The summed E-state index contributed by atoms with van der Waals surface area (Å²) in [7, 11) is 0. The summed E-state index contributed by atoms with van der Waals surface area (Å²) in [4.78, 5) is 13.1. The van der Waals surface area contributed by atoms with Crippen LogP contribution in [0.4, 0.5) is 0 Å². The van der Waals surface area contributed by atoms with Gasteiger partial charge in [-0.3, -0.25) is 4.79 Å². The lowest BCUT2D eigenvalue weighted by Crippen LogP contribution is -2.61. The van der Waals surface area contributed by atoms with Gasteiger partial charge in [0.2, 0.25) is 0 Å². The lowest BCUT2D eigenvalue weighted by Gasteiger charge is -2.42. The van der Waals surface area contributed by atoms with Gasteiger partial charge in [-0.2, -0.15) is 0 Å². The lowest BCUT2D eigenvalue weighted by atomic mass is 9.98. The number of aliphatic hydroxyl groups excluding tert-OH is 7. The first-order valence-corrected chi connectivity index (χ1v) is 29.3. The van der Waals surface area contributed by atoms with E-state index in [2.05, 4.69) is 26.0 Å². The molecule has 0 aromatic rings. The molecule has 0 aliphatic carbocycles. The van der Waals surface area contributed by atoms with Crippen molar-refractivity contribution in [3.05, 3.63) is 12.2 Å². The Morgan fingerprint density at radius 2 is 0.831 bits per heavy atom. The minimum atomic E-state index is -1.70. The van der Waals surface area contributed by atoms with Crippen molar-refractivity contribution >= 4 is 5.97 Å². The lowest BCUT2D eigenvalue weighted by molar-refractivity contribution is -0.332. The number of ether oxygens (including phenoxy) is 6. The average Bonchev–Trinajstić information content (AvgIpc) is 3.37. The molecule has 14 heteroatoms. The molecule has 0 aromatic carbocycles. The third kappa shape index (κ3) is 32.0. The van der Waals surface area contributed by atoms with Crippen LogP contribution in [0.2, 0.25) is 0 Å². The van der Waals surface area contributed by atoms with Gasteiger partial charge in [-0.15, -0.1) is 0 Å². The topological polar surface area (TPSA) is 214 Å². The van der Waals surface area contributed by atoms with Crippen molar-refractivity contribution in [3.8, 4) is 0 Å². The smallest absolute Gasteiger partial charge is 0.306 e. The predicted octanol–water partition coefficient (Wildman–Crippen LogP) is 10.2. The van der Waals surface area contributed by atoms with E-state index in [1.54, 1.807) is 0 Å². The zero-order valence-electron chi connectivity index (χ0n) is 45.0. The first kappa shape index (κ1) is 65.8. The van der Waals surface area contributed by atoms with Gasteiger partial charge in [0.05, 0.1) is 26.4 Å². The van der Waals surface area contributed by atoms with Gasteiger partial charge in [-0.05, 0) is 38.5 Å². The van der Waals surface area contributed by atoms with Gasteiger partial charge in [0.1, 0.15) is 54.9 Å². The van der Waals surface area contributed by atoms with Crippen LogP contribution in [0.15, 0.2) is 12.2 Å². The molecule has 0 amide bonds. The molecule has 2 aliphatic rings. The minimum absolute atomic E-state index is 0.0645. The summed E-state index contributed by atoms with van der Waals surface area (Å²) in [5.74, 6) is -0.379. The normalized spacial score (nSPS) is 25.3. The summed E-state index contributed by atoms with van der Waals surface area (Å²) in [6, 6.07) is 0. The number of rotatable bonds is 48. The monoisotopic (exact) mass is 1020 g/mol. The molecule has 0 bridgehead atoms. The maximum Gasteiger partial charge on any atom is 0.306 e. The molecule has 2 rings (SSSR count). The molecule has 7 N–H and O–H groups in total. The Morgan fingerprint density at radius 1 is 0.451 bits per heavy atom. The fraction of sp³-hybridized carbons (Fsp3) is 0.947. The van der Waals surface area contributed by atoms with Crippen LogP contribution in [0.25, 0.3) is 0 Å². The van der Waals surface area contributed by atoms with Gasteiger partial charge in [0.15, 0.2) is 12.6 Å². The molecule has 0 saturated carbocycles. The highest BCUT2D eigenvalue weighted by atomic mass is 16.7. The maximum atomic E-state index is 13.1. The molecule has 0 radical (unpaired) electrons. The SMILES string of the molecule is CCCCCCCCC/C=C\CCCCCCCC(=O)OC(COCCCCCCCCCCCCCCCCCCCCCCC)COC1OC(COC2OC(CO)C(O)C(O)C2O)C(O)C(O)C1O. The van der Waals surface area contributed by atoms with E-state index in [0.29, 0.717) is 13.0 Å². The van der Waals surface area contributed by atoms with Crippen LogP contribution in [-0.4, -0.2) is 142 Å². The number of hydrogen-bond donors (Lipinski definition) is 7. The summed E-state index contributed by atoms with van der Waals surface area (Å²) >= 11 is 0. The second-order valence-electron chi connectivity index (χ2n) is 20.8. The van der Waals surface area contributed by atoms with Gasteiger partial charge < -0.3 is 64.2 Å². The molecule has 71 heavy (non-hydrogen) atoms. The van der Waals surface area contributed by atoms with Crippen LogP contribution in [0.1, 0.15) is 245 Å². The van der Waals surface area contributed by atoms with E-state index in [9.17, 15) is 40.5 Å². The van der Waals surface area contributed by atoms with Gasteiger partial charge in [-0.1, -0.05) is 212 Å². The molecule has 0 aromatic heterocycles. The van der Waals surface area contributed by atoms with Crippen molar-refractivity contribution in [1.29, 1.82) is 0 Å². The van der Waals surface area contributed by atoms with E-state index in [-0.39, 0.29) is 25.6 Å². The Bertz CT molecular complexity index is 1230. The number of allylic oxidation sites excluding steroid dienone is 2. The first-order valence-electron chi connectivity index (χ1n) is 29.3. The standard InChI is InChI=1S/C57H108O14/c1-3-5-7-9-11-13-15-17-19-21-22-23-24-25-27-29-31-33-35-37-39-41-66-43-46(69-49(59)40-38-36-34-32-30-28-26-20-18-16-14-12-10-8-6-4-2)44-67-56-55(65)53(63)51(61)48(71-56)45-68-57-54(64)52(62)50(60)47(42-58)70-57/h20,26,46-48,50-58,60-65H,3-19,21-25,27-45H2,1-2H3/b26-20-. The fourth-order valence-electron chi connectivity index (χ4n) is 9.52. The summed E-state index contributed by atoms with van der Waals surface area (Å²) < 4.78 is 34.4. The number of hydrogen-bond acceptors (Lipinski definition) is 14. The van der Waals surface area contributed by atoms with Gasteiger partial charge in [0.25, 0.3) is 0 Å². The van der Waals surface area contributed by atoms with Gasteiger partial charge >= 0.3 is 5.97 Å². The van der Waals surface area contributed by atoms with Crippen LogP contribution in [0.3, 0.4) is 0 Å². The Hall–Kier alpha value is -1.27. The Kier molecular flexibility index (Phi) is 41.7. The molecule has 420 valence electrons. The Morgan fingerprint density at radius 3 is 1.28 bits per heavy atom. The number of aliphatic hydroxyl groups is 7. The summed E-state index contributed by atoms with van der Waals surface area (Å²) in [6.45, 7) is 3.73. The van der Waals surface area contributed by atoms with Crippen molar-refractivity contribution in [1.82, 2.24) is 0 Å². The van der Waals surface area contributed by atoms with Crippen LogP contribution in [-0.2, 0) is 33.2 Å². The highest BCUT2D eigenvalue weighted by Gasteiger charge is 2.47. The summed E-state index contributed by atoms with van der Waals surface area (Å²) in [5.41, 5.74) is 0. The van der Waals surface area contributed by atoms with Crippen molar-refractivity contribution in [2.75, 3.05) is 33.0 Å². The number of unbranched alkanes of at least 4 members (excludes halogenated alkanes) is 32. The van der Waals surface area contributed by atoms with Crippen molar-refractivity contribution in [2.45, 2.75) is 313 Å². The third-order valence-corrected chi connectivity index (χ3v) is 14.3. The van der Waals surface area contributed by atoms with Gasteiger partial charge in [0, 0.05) is 13.0 Å². The first-order chi connectivity index (χ1) is 34.6. The quantitative estimate of drug-likeness (QED) is 0.0172. The molecule has 0 spiro atoms. The van der Waals surface area contributed by atoms with E-state index < -0.39 is 80.7 Å². The molecule has 11 unspecified atom stereocenters. The number of carbonyl (C=O) groups is 1. The zero-order valence-corrected chi connectivity index (χ0v) is 45.0. The van der Waals surface area contributed by atoms with Crippen LogP contribution < -0.4 is 0 Å². The van der Waals surface area contributed by atoms with E-state index in [1.807, 2.05) is 0 Å². The van der Waals surface area contributed by atoms with E-state index in [0.717, 1.165) is 57.8 Å². The molecular formula is C57H108O14. The van der Waals surface area contributed by atoms with Crippen LogP contribution in [0, 0.1) is 0 Å². The van der Waals surface area contributed by atoms with Crippen LogP contribution >= 0.6 is 0 Å². The number of carbonyl (C=O) groups excluding carboxylic acids is 1. The molecule has 14 nitrogen and oxygen atoms in total. The fourth-order valence-corrected chi connectivity index (χ4v) is 9.52. The average molecular weight is 1020 g/mol. The second kappa shape index (κ2) is 45.0. The molecular weight excluding hydrogens is 909 g/mol. The van der Waals surface area contributed by atoms with Crippen molar-refractivity contribution in [3.63, 3.8) is 0 Å². The van der Waals surface area contributed by atoms with Gasteiger partial charge in [-0.25, -0.2) is 0 Å². The van der Waals surface area contributed by atoms with E-state index in [1.165, 1.54) is 161 Å². The van der Waals surface area contributed by atoms with Crippen molar-refractivity contribution in [2.24, 2.45) is 0 Å². The third-order valence-electron chi connectivity index (χ3n) is 14.3. The maximum absolute atomic E-state index is 13.1. The largest absolute Gasteiger partial charge is 0.457 e. The molecule has 2 fully saturated rings. The highest BCUT2D eigenvalue weighted by Crippen LogP contribution is 2.27. The molecule has 2 saturated heterocycles. The second-order valence-corrected chi connectivity index (χ2v) is 20.8. The molecule has 2 aliphatic heterocycles. The molecule has 2 heterocycles.